The summed E-state index contributed by atoms with van der Waals surface area (Å²) in [6, 6.07) is 9.25. The zero-order chi connectivity index (χ0) is 25.5. The van der Waals surface area contributed by atoms with Crippen molar-refractivity contribution in [1.29, 1.82) is 0 Å². The van der Waals surface area contributed by atoms with Crippen molar-refractivity contribution in [3.05, 3.63) is 65.0 Å². The normalized spacial score (nSPS) is 17.3. The lowest BCUT2D eigenvalue weighted by molar-refractivity contribution is -0.896. The number of carbonyl (C=O) groups is 2. The van der Waals surface area contributed by atoms with Gasteiger partial charge in [-0.2, -0.15) is 0 Å². The van der Waals surface area contributed by atoms with Crippen LogP contribution >= 0.6 is 0 Å². The number of carbonyl (C=O) groups excluding carboxylic acids is 2. The van der Waals surface area contributed by atoms with E-state index in [9.17, 15) is 19.1 Å². The van der Waals surface area contributed by atoms with Gasteiger partial charge in [0.2, 0.25) is 5.78 Å². The van der Waals surface area contributed by atoms with Gasteiger partial charge in [-0.3, -0.25) is 9.59 Å². The van der Waals surface area contributed by atoms with Gasteiger partial charge in [-0.1, -0.05) is 24.0 Å². The third kappa shape index (κ3) is 5.65. The number of hydrogen-bond donors (Lipinski definition) is 1. The summed E-state index contributed by atoms with van der Waals surface area (Å²) in [5.41, 5.74) is 0.591. The molecule has 1 N–H and O–H groups in total. The van der Waals surface area contributed by atoms with E-state index in [-0.39, 0.29) is 11.1 Å². The zero-order valence-electron chi connectivity index (χ0n) is 20.7. The van der Waals surface area contributed by atoms with Gasteiger partial charge < -0.3 is 24.4 Å². The van der Waals surface area contributed by atoms with E-state index in [1.807, 2.05) is 6.92 Å². The van der Waals surface area contributed by atoms with Crippen LogP contribution in [0.2, 0.25) is 0 Å². The first-order valence-corrected chi connectivity index (χ1v) is 12.0. The van der Waals surface area contributed by atoms with E-state index >= 15 is 0 Å². The summed E-state index contributed by atoms with van der Waals surface area (Å²) in [7, 11) is 1.51. The first kappa shape index (κ1) is 26.2. The number of ketones is 1. The predicted octanol–water partition coefficient (Wildman–Crippen LogP) is 1.77. The third-order valence-electron chi connectivity index (χ3n) is 6.37. The van der Waals surface area contributed by atoms with Crippen LogP contribution in [0.3, 0.4) is 0 Å². The lowest BCUT2D eigenvalue weighted by Crippen LogP contribution is -3.11. The number of nitrogens with zero attached hydrogens (tertiary/aromatic N) is 1. The van der Waals surface area contributed by atoms with Crippen LogP contribution in [0.1, 0.15) is 44.4 Å². The molecule has 7 nitrogen and oxygen atoms in total. The molecule has 1 heterocycles. The highest BCUT2D eigenvalue weighted by molar-refractivity contribution is 6.46. The van der Waals surface area contributed by atoms with E-state index in [2.05, 4.69) is 13.8 Å². The van der Waals surface area contributed by atoms with Gasteiger partial charge in [-0.25, -0.2) is 4.39 Å². The van der Waals surface area contributed by atoms with Gasteiger partial charge in [-0.05, 0) is 56.2 Å². The molecule has 0 saturated carbocycles. The fourth-order valence-corrected chi connectivity index (χ4v) is 4.44. The number of benzene rings is 2. The van der Waals surface area contributed by atoms with Crippen LogP contribution in [0.4, 0.5) is 4.39 Å². The van der Waals surface area contributed by atoms with E-state index in [0.717, 1.165) is 31.8 Å². The number of halogens is 1. The number of amides is 1. The molecule has 1 aliphatic rings. The number of nitrogens with one attached hydrogen (secondary N) is 1. The summed E-state index contributed by atoms with van der Waals surface area (Å²) in [4.78, 5) is 29.1. The van der Waals surface area contributed by atoms with E-state index in [1.54, 1.807) is 18.2 Å². The highest BCUT2D eigenvalue weighted by atomic mass is 19.1. The van der Waals surface area contributed by atoms with Crippen LogP contribution in [0.25, 0.3) is 5.76 Å². The largest absolute Gasteiger partial charge is 0.872 e. The summed E-state index contributed by atoms with van der Waals surface area (Å²) in [5, 5.41) is 13.4. The Morgan fingerprint density at radius 1 is 1.06 bits per heavy atom. The highest BCUT2D eigenvalue weighted by Gasteiger charge is 2.44. The molecule has 0 aliphatic carbocycles. The van der Waals surface area contributed by atoms with Crippen molar-refractivity contribution >= 4 is 17.4 Å². The first-order valence-electron chi connectivity index (χ1n) is 12.0. The Bertz CT molecular complexity index is 1080. The van der Waals surface area contributed by atoms with Crippen LogP contribution in [-0.4, -0.2) is 56.5 Å². The first-order chi connectivity index (χ1) is 16.9. The molecule has 1 unspecified atom stereocenters. The van der Waals surface area contributed by atoms with Gasteiger partial charge >= 0.3 is 0 Å². The maximum atomic E-state index is 13.4. The molecule has 1 amide bonds. The quantitative estimate of drug-likeness (QED) is 0.299. The summed E-state index contributed by atoms with van der Waals surface area (Å²) in [6.45, 7) is 9.59. The minimum Gasteiger partial charge on any atom is -0.872 e. The Morgan fingerprint density at radius 3 is 2.34 bits per heavy atom. The second kappa shape index (κ2) is 11.8. The number of ether oxygens (including phenoxy) is 2. The van der Waals surface area contributed by atoms with Crippen LogP contribution in [-0.2, 0) is 9.59 Å². The van der Waals surface area contributed by atoms with Crippen molar-refractivity contribution in [2.75, 3.05) is 39.9 Å². The molecule has 2 aromatic carbocycles. The summed E-state index contributed by atoms with van der Waals surface area (Å²) < 4.78 is 24.5. The Kier molecular flexibility index (Phi) is 8.87. The van der Waals surface area contributed by atoms with Gasteiger partial charge in [0.15, 0.2) is 11.5 Å². The monoisotopic (exact) mass is 484 g/mol. The molecular weight excluding hydrogens is 451 g/mol. The number of hydrogen-bond acceptors (Lipinski definition) is 5. The van der Waals surface area contributed by atoms with Crippen molar-refractivity contribution < 1.29 is 33.5 Å². The summed E-state index contributed by atoms with van der Waals surface area (Å²) >= 11 is 0. The molecule has 0 aromatic heterocycles. The van der Waals surface area contributed by atoms with Crippen LogP contribution in [0, 0.1) is 5.82 Å². The second-order valence-electron chi connectivity index (χ2n) is 8.38. The third-order valence-corrected chi connectivity index (χ3v) is 6.37. The van der Waals surface area contributed by atoms with Gasteiger partial charge in [0.1, 0.15) is 5.82 Å². The van der Waals surface area contributed by atoms with Gasteiger partial charge in [0.05, 0.1) is 39.4 Å². The topological polar surface area (TPSA) is 83.3 Å². The van der Waals surface area contributed by atoms with Crippen molar-refractivity contribution in [3.8, 4) is 11.5 Å². The molecule has 1 aliphatic heterocycles. The van der Waals surface area contributed by atoms with Crippen molar-refractivity contribution in [1.82, 2.24) is 4.90 Å². The van der Waals surface area contributed by atoms with E-state index in [0.29, 0.717) is 36.6 Å². The fourth-order valence-electron chi connectivity index (χ4n) is 4.44. The molecular formula is C27H33FN2O5. The number of quaternary nitrogens is 1. The zero-order valence-corrected chi connectivity index (χ0v) is 20.7. The molecule has 3 rings (SSSR count). The maximum absolute atomic E-state index is 13.4. The smallest absolute Gasteiger partial charge is 0.295 e. The molecule has 2 aromatic rings. The molecule has 188 valence electrons. The fraction of sp³-hybridized carbons (Fsp3) is 0.407. The molecule has 8 heteroatoms. The van der Waals surface area contributed by atoms with Crippen molar-refractivity contribution in [2.24, 2.45) is 0 Å². The van der Waals surface area contributed by atoms with Gasteiger partial charge in [-0.15, -0.1) is 0 Å². The van der Waals surface area contributed by atoms with Gasteiger partial charge in [0.25, 0.3) is 5.91 Å². The van der Waals surface area contributed by atoms with E-state index in [4.69, 9.17) is 9.47 Å². The van der Waals surface area contributed by atoms with Crippen LogP contribution < -0.4 is 19.5 Å². The molecule has 0 bridgehead atoms. The molecule has 1 atom stereocenters. The van der Waals surface area contributed by atoms with Crippen molar-refractivity contribution in [3.63, 3.8) is 0 Å². The summed E-state index contributed by atoms with van der Waals surface area (Å²) in [6.07, 6.45) is 0.679. The Morgan fingerprint density at radius 2 is 1.74 bits per heavy atom. The highest BCUT2D eigenvalue weighted by Crippen LogP contribution is 2.41. The van der Waals surface area contributed by atoms with E-state index in [1.165, 1.54) is 29.0 Å². The Balaban J connectivity index is 2.08. The number of rotatable bonds is 11. The number of methoxy groups -OCH3 is 1. The average Bonchev–Trinajstić information content (AvgIpc) is 3.12. The molecule has 0 radical (unpaired) electrons. The minimum absolute atomic E-state index is 0.136. The molecule has 1 fully saturated rings. The molecule has 35 heavy (non-hydrogen) atoms. The van der Waals surface area contributed by atoms with Crippen LogP contribution in [0.15, 0.2) is 48.0 Å². The standard InChI is InChI=1S/C27H33FN2O5/c1-5-29(6-2)15-8-16-30-24(19-11-14-21(35-7-3)22(17-19)34-4)23(26(32)27(30)33)25(31)18-9-12-20(28)13-10-18/h9-14,17,24,31H,5-8,15-16H2,1-4H3/b25-23+. The Labute approximate surface area is 205 Å². The minimum atomic E-state index is -0.871. The molecule has 0 spiro atoms. The second-order valence-corrected chi connectivity index (χ2v) is 8.38. The predicted molar refractivity (Wildman–Crippen MR) is 128 cm³/mol. The van der Waals surface area contributed by atoms with Crippen molar-refractivity contribution in [2.45, 2.75) is 33.2 Å². The molecule has 1 saturated heterocycles. The maximum Gasteiger partial charge on any atom is 0.295 e. The SMILES string of the molecule is CCOc1ccc(C2/C(=C(\[O-])c3ccc(F)cc3)C(=O)C(=O)N2CCC[NH+](CC)CC)cc1OC. The Hall–Kier alpha value is -3.39. The van der Waals surface area contributed by atoms with Gasteiger partial charge in [0, 0.05) is 18.5 Å². The van der Waals surface area contributed by atoms with E-state index < -0.39 is 29.3 Å². The lowest BCUT2D eigenvalue weighted by Gasteiger charge is -2.28. The lowest BCUT2D eigenvalue weighted by atomic mass is 9.95. The average molecular weight is 485 g/mol. The summed E-state index contributed by atoms with van der Waals surface area (Å²) in [5.74, 6) is -1.64. The number of likely N-dealkylation sites (tertiary alicyclic amines) is 1. The number of Topliss-reactive ketones (excluding diaryl/α,β-unsaturated/α-hetero) is 1. The van der Waals surface area contributed by atoms with Crippen LogP contribution in [0.5, 0.6) is 11.5 Å².